The quantitative estimate of drug-likeness (QED) is 0.812. The summed E-state index contributed by atoms with van der Waals surface area (Å²) in [7, 11) is 0. The van der Waals surface area contributed by atoms with Crippen molar-refractivity contribution in [2.45, 2.75) is 53.1 Å². The maximum absolute atomic E-state index is 5.21. The Morgan fingerprint density at radius 1 is 1.33 bits per heavy atom. The van der Waals surface area contributed by atoms with Gasteiger partial charge in [-0.3, -0.25) is 0 Å². The maximum Gasteiger partial charge on any atom is 0.244 e. The number of aromatic nitrogens is 2. The highest BCUT2D eigenvalue weighted by Crippen LogP contribution is 2.20. The summed E-state index contributed by atoms with van der Waals surface area (Å²) >= 11 is 0. The highest BCUT2D eigenvalue weighted by molar-refractivity contribution is 4.93. The molecule has 0 saturated carbocycles. The summed E-state index contributed by atoms with van der Waals surface area (Å²) < 4.78 is 5.21. The Balaban J connectivity index is 2.74. The van der Waals surface area contributed by atoms with Crippen molar-refractivity contribution in [3.8, 4) is 0 Å². The average Bonchev–Trinajstić information content (AvgIpc) is 2.60. The first-order chi connectivity index (χ1) is 7.04. The predicted molar refractivity (Wildman–Crippen MR) is 59.5 cm³/mol. The zero-order valence-electron chi connectivity index (χ0n) is 10.2. The summed E-state index contributed by atoms with van der Waals surface area (Å²) in [6.45, 7) is 10.5. The molecule has 86 valence electrons. The van der Waals surface area contributed by atoms with Crippen LogP contribution in [0.15, 0.2) is 4.52 Å². The molecule has 15 heavy (non-hydrogen) atoms. The maximum atomic E-state index is 5.21. The Morgan fingerprint density at radius 3 is 2.40 bits per heavy atom. The monoisotopic (exact) mass is 211 g/mol. The molecule has 2 unspecified atom stereocenters. The Hall–Kier alpha value is -0.900. The fourth-order valence-corrected chi connectivity index (χ4v) is 1.41. The highest BCUT2D eigenvalue weighted by atomic mass is 16.5. The van der Waals surface area contributed by atoms with Crippen LogP contribution in [-0.4, -0.2) is 16.2 Å². The molecule has 0 bridgehead atoms. The van der Waals surface area contributed by atoms with Crippen LogP contribution in [0.2, 0.25) is 0 Å². The van der Waals surface area contributed by atoms with Gasteiger partial charge in [0.15, 0.2) is 5.82 Å². The molecule has 0 fully saturated rings. The van der Waals surface area contributed by atoms with E-state index >= 15 is 0 Å². The fourth-order valence-electron chi connectivity index (χ4n) is 1.41. The van der Waals surface area contributed by atoms with Crippen molar-refractivity contribution in [2.75, 3.05) is 0 Å². The molecule has 1 N–H and O–H groups in total. The molecule has 1 rings (SSSR count). The number of hydrogen-bond acceptors (Lipinski definition) is 4. The number of hydrogen-bond donors (Lipinski definition) is 1. The summed E-state index contributed by atoms with van der Waals surface area (Å²) in [4.78, 5) is 4.28. The first kappa shape index (κ1) is 12.2. The minimum atomic E-state index is 0.154. The van der Waals surface area contributed by atoms with Crippen LogP contribution in [0.4, 0.5) is 0 Å². The highest BCUT2D eigenvalue weighted by Gasteiger charge is 2.22. The van der Waals surface area contributed by atoms with E-state index in [9.17, 15) is 0 Å². The van der Waals surface area contributed by atoms with Gasteiger partial charge in [-0.2, -0.15) is 4.98 Å². The molecule has 1 aromatic rings. The molecule has 4 nitrogen and oxygen atoms in total. The van der Waals surface area contributed by atoms with Gasteiger partial charge in [0.25, 0.3) is 0 Å². The molecule has 0 spiro atoms. The molecule has 0 aliphatic carbocycles. The second kappa shape index (κ2) is 5.26. The normalized spacial score (nSPS) is 15.6. The standard InChI is InChI=1S/C11H21N3O/c1-6-8(4)12-10(7(2)3)11-13-9(5)14-15-11/h7-8,10,12H,6H2,1-5H3. The third kappa shape index (κ3) is 3.30. The van der Waals surface area contributed by atoms with Crippen LogP contribution >= 0.6 is 0 Å². The van der Waals surface area contributed by atoms with Crippen molar-refractivity contribution in [2.24, 2.45) is 5.92 Å². The van der Waals surface area contributed by atoms with E-state index in [1.165, 1.54) is 0 Å². The molecule has 2 atom stereocenters. The average molecular weight is 211 g/mol. The van der Waals surface area contributed by atoms with Gasteiger partial charge in [0.1, 0.15) is 0 Å². The Bertz CT molecular complexity index is 296. The van der Waals surface area contributed by atoms with Gasteiger partial charge in [0, 0.05) is 6.04 Å². The summed E-state index contributed by atoms with van der Waals surface area (Å²) in [5, 5.41) is 7.33. The molecule has 1 aromatic heterocycles. The van der Waals surface area contributed by atoms with Crippen LogP contribution in [0.1, 0.15) is 51.9 Å². The molecule has 0 amide bonds. The van der Waals surface area contributed by atoms with E-state index in [1.807, 2.05) is 6.92 Å². The molecule has 4 heteroatoms. The van der Waals surface area contributed by atoms with E-state index in [0.29, 0.717) is 23.7 Å². The zero-order valence-corrected chi connectivity index (χ0v) is 10.2. The van der Waals surface area contributed by atoms with E-state index in [0.717, 1.165) is 6.42 Å². The first-order valence-electron chi connectivity index (χ1n) is 5.60. The van der Waals surface area contributed by atoms with Gasteiger partial charge in [-0.1, -0.05) is 25.9 Å². The molecule has 0 aliphatic heterocycles. The van der Waals surface area contributed by atoms with Crippen molar-refractivity contribution in [3.05, 3.63) is 11.7 Å². The van der Waals surface area contributed by atoms with Crippen LogP contribution < -0.4 is 5.32 Å². The van der Waals surface area contributed by atoms with Crippen LogP contribution in [0.3, 0.4) is 0 Å². The fraction of sp³-hybridized carbons (Fsp3) is 0.818. The van der Waals surface area contributed by atoms with Crippen molar-refractivity contribution < 1.29 is 4.52 Å². The van der Waals surface area contributed by atoms with Gasteiger partial charge >= 0.3 is 0 Å². The third-order valence-electron chi connectivity index (χ3n) is 2.55. The van der Waals surface area contributed by atoms with E-state index in [1.54, 1.807) is 0 Å². The first-order valence-corrected chi connectivity index (χ1v) is 5.60. The smallest absolute Gasteiger partial charge is 0.244 e. The Labute approximate surface area is 91.5 Å². The lowest BCUT2D eigenvalue weighted by Gasteiger charge is -2.22. The van der Waals surface area contributed by atoms with Crippen LogP contribution in [0.25, 0.3) is 0 Å². The molecular weight excluding hydrogens is 190 g/mol. The van der Waals surface area contributed by atoms with E-state index in [4.69, 9.17) is 4.52 Å². The summed E-state index contributed by atoms with van der Waals surface area (Å²) in [5.41, 5.74) is 0. The van der Waals surface area contributed by atoms with Gasteiger partial charge in [-0.15, -0.1) is 0 Å². The Kier molecular flexibility index (Phi) is 4.27. The Morgan fingerprint density at radius 2 is 2.00 bits per heavy atom. The van der Waals surface area contributed by atoms with Gasteiger partial charge in [0.2, 0.25) is 5.89 Å². The van der Waals surface area contributed by atoms with E-state index < -0.39 is 0 Å². The minimum Gasteiger partial charge on any atom is -0.338 e. The number of aryl methyl sites for hydroxylation is 1. The third-order valence-corrected chi connectivity index (χ3v) is 2.55. The lowest BCUT2D eigenvalue weighted by atomic mass is 10.0. The molecule has 0 radical (unpaired) electrons. The number of nitrogens with one attached hydrogen (secondary N) is 1. The van der Waals surface area contributed by atoms with Crippen LogP contribution in [-0.2, 0) is 0 Å². The number of nitrogens with zero attached hydrogens (tertiary/aromatic N) is 2. The van der Waals surface area contributed by atoms with E-state index in [-0.39, 0.29) is 6.04 Å². The molecule has 0 aromatic carbocycles. The van der Waals surface area contributed by atoms with E-state index in [2.05, 4.69) is 43.2 Å². The summed E-state index contributed by atoms with van der Waals surface area (Å²) in [6, 6.07) is 0.616. The summed E-state index contributed by atoms with van der Waals surface area (Å²) in [5.74, 6) is 1.84. The predicted octanol–water partition coefficient (Wildman–Crippen LogP) is 2.46. The summed E-state index contributed by atoms with van der Waals surface area (Å²) in [6.07, 6.45) is 1.09. The second-order valence-electron chi connectivity index (χ2n) is 4.38. The van der Waals surface area contributed by atoms with Gasteiger partial charge in [0.05, 0.1) is 6.04 Å². The van der Waals surface area contributed by atoms with Gasteiger partial charge in [-0.25, -0.2) is 0 Å². The SMILES string of the molecule is CCC(C)NC(c1nc(C)no1)C(C)C. The van der Waals surface area contributed by atoms with Gasteiger partial charge in [-0.05, 0) is 26.2 Å². The topological polar surface area (TPSA) is 51.0 Å². The largest absolute Gasteiger partial charge is 0.338 e. The second-order valence-corrected chi connectivity index (χ2v) is 4.38. The minimum absolute atomic E-state index is 0.154. The lowest BCUT2D eigenvalue weighted by molar-refractivity contribution is 0.271. The molecular formula is C11H21N3O. The van der Waals surface area contributed by atoms with Crippen molar-refractivity contribution >= 4 is 0 Å². The zero-order chi connectivity index (χ0) is 11.4. The van der Waals surface area contributed by atoms with Crippen LogP contribution in [0.5, 0.6) is 0 Å². The van der Waals surface area contributed by atoms with Crippen molar-refractivity contribution in [3.63, 3.8) is 0 Å². The van der Waals surface area contributed by atoms with Crippen LogP contribution in [0, 0.1) is 12.8 Å². The molecule has 0 saturated heterocycles. The van der Waals surface area contributed by atoms with Crippen molar-refractivity contribution in [1.82, 2.24) is 15.5 Å². The van der Waals surface area contributed by atoms with Crippen molar-refractivity contribution in [1.29, 1.82) is 0 Å². The molecule has 1 heterocycles. The molecule has 0 aliphatic rings. The number of rotatable bonds is 5. The lowest BCUT2D eigenvalue weighted by Crippen LogP contribution is -2.33. The van der Waals surface area contributed by atoms with Gasteiger partial charge < -0.3 is 9.84 Å².